The minimum Gasteiger partial charge on any atom is -0.456 e. The number of hydrogen-bond donors (Lipinski definition) is 0. The van der Waals surface area contributed by atoms with Gasteiger partial charge < -0.3 is 4.42 Å². The average Bonchev–Trinajstić information content (AvgIpc) is 3.42. The van der Waals surface area contributed by atoms with Crippen molar-refractivity contribution in [2.45, 2.75) is 29.1 Å². The van der Waals surface area contributed by atoms with E-state index in [1.54, 1.807) is 11.8 Å². The molecule has 0 N–H and O–H groups in total. The molecule has 1 aliphatic heterocycles. The van der Waals surface area contributed by atoms with E-state index in [0.29, 0.717) is 11.4 Å². The molecule has 0 saturated carbocycles. The summed E-state index contributed by atoms with van der Waals surface area (Å²) in [5, 5.41) is 11.7. The zero-order valence-corrected chi connectivity index (χ0v) is 24.4. The maximum Gasteiger partial charge on any atom is 0.160 e. The molecule has 0 fully saturated rings. The van der Waals surface area contributed by atoms with Gasteiger partial charge in [-0.2, -0.15) is 5.26 Å². The van der Waals surface area contributed by atoms with Gasteiger partial charge in [0.2, 0.25) is 0 Å². The lowest BCUT2D eigenvalue weighted by atomic mass is 9.77. The smallest absolute Gasteiger partial charge is 0.160 e. The summed E-state index contributed by atoms with van der Waals surface area (Å²) in [6.07, 6.45) is 0. The highest BCUT2D eigenvalue weighted by molar-refractivity contribution is 7.99. The van der Waals surface area contributed by atoms with Crippen molar-refractivity contribution >= 4 is 33.7 Å². The molecule has 5 aromatic carbocycles. The molecule has 0 amide bonds. The Bertz CT molecular complexity index is 2260. The summed E-state index contributed by atoms with van der Waals surface area (Å²) >= 11 is 1.72. The first-order valence-corrected chi connectivity index (χ1v) is 15.0. The predicted octanol–water partition coefficient (Wildman–Crippen LogP) is 10.0. The van der Waals surface area contributed by atoms with Gasteiger partial charge in [-0.05, 0) is 53.6 Å². The molecule has 0 unspecified atom stereocenters. The molecule has 0 spiro atoms. The molecule has 5 heteroatoms. The molecule has 7 aromatic rings. The molecule has 0 saturated heterocycles. The zero-order chi connectivity index (χ0) is 29.1. The second kappa shape index (κ2) is 9.69. The minimum atomic E-state index is -0.184. The van der Waals surface area contributed by atoms with Crippen LogP contribution in [0.15, 0.2) is 129 Å². The van der Waals surface area contributed by atoms with Crippen LogP contribution in [-0.2, 0) is 5.41 Å². The molecule has 0 atom stereocenters. The van der Waals surface area contributed by atoms with E-state index in [4.69, 9.17) is 14.4 Å². The monoisotopic (exact) mass is 571 g/mol. The third-order valence-electron chi connectivity index (χ3n) is 8.39. The SMILES string of the molecule is CC1(C)c2ccc(C#N)cc2Sc2cc(-c3cc(-c4ccc5c(c4)oc4ccccc45)nc(-c4ccccc4)n3)ccc21. The Morgan fingerprint density at radius 2 is 1.28 bits per heavy atom. The van der Waals surface area contributed by atoms with Crippen molar-refractivity contribution in [3.8, 4) is 40.0 Å². The van der Waals surface area contributed by atoms with Crippen molar-refractivity contribution in [2.75, 3.05) is 0 Å². The van der Waals surface area contributed by atoms with Gasteiger partial charge in [0.05, 0.1) is 23.0 Å². The summed E-state index contributed by atoms with van der Waals surface area (Å²) < 4.78 is 6.20. The number of nitrogens with zero attached hydrogens (tertiary/aromatic N) is 3. The first-order valence-electron chi connectivity index (χ1n) is 14.2. The van der Waals surface area contributed by atoms with Crippen LogP contribution in [0, 0.1) is 11.3 Å². The van der Waals surface area contributed by atoms with Gasteiger partial charge in [0.15, 0.2) is 5.82 Å². The fourth-order valence-electron chi connectivity index (χ4n) is 6.08. The number of rotatable bonds is 3. The lowest BCUT2D eigenvalue weighted by molar-refractivity contribution is 0.607. The van der Waals surface area contributed by atoms with Gasteiger partial charge in [0.25, 0.3) is 0 Å². The number of nitriles is 1. The van der Waals surface area contributed by atoms with Crippen LogP contribution in [0.2, 0.25) is 0 Å². The Morgan fingerprint density at radius 1 is 0.628 bits per heavy atom. The van der Waals surface area contributed by atoms with Gasteiger partial charge in [-0.25, -0.2) is 9.97 Å². The van der Waals surface area contributed by atoms with Gasteiger partial charge in [0.1, 0.15) is 11.2 Å². The summed E-state index contributed by atoms with van der Waals surface area (Å²) in [6.45, 7) is 4.50. The largest absolute Gasteiger partial charge is 0.456 e. The van der Waals surface area contributed by atoms with E-state index in [0.717, 1.165) is 54.9 Å². The third-order valence-corrected chi connectivity index (χ3v) is 9.50. The van der Waals surface area contributed by atoms with Crippen molar-refractivity contribution in [1.29, 1.82) is 5.26 Å². The summed E-state index contributed by atoms with van der Waals surface area (Å²) in [6, 6.07) is 41.5. The molecule has 43 heavy (non-hydrogen) atoms. The van der Waals surface area contributed by atoms with E-state index in [1.807, 2.05) is 60.7 Å². The van der Waals surface area contributed by atoms with Gasteiger partial charge in [-0.1, -0.05) is 98.4 Å². The summed E-state index contributed by atoms with van der Waals surface area (Å²) in [7, 11) is 0. The van der Waals surface area contributed by atoms with Crippen molar-refractivity contribution in [3.63, 3.8) is 0 Å². The summed E-state index contributed by atoms with van der Waals surface area (Å²) in [5.41, 5.74) is 9.36. The quantitative estimate of drug-likeness (QED) is 0.211. The Morgan fingerprint density at radius 3 is 2.07 bits per heavy atom. The van der Waals surface area contributed by atoms with Crippen molar-refractivity contribution in [2.24, 2.45) is 0 Å². The van der Waals surface area contributed by atoms with Crippen LogP contribution in [-0.4, -0.2) is 9.97 Å². The zero-order valence-electron chi connectivity index (χ0n) is 23.6. The maximum atomic E-state index is 9.51. The lowest BCUT2D eigenvalue weighted by Crippen LogP contribution is -2.23. The van der Waals surface area contributed by atoms with Crippen molar-refractivity contribution in [3.05, 3.63) is 132 Å². The van der Waals surface area contributed by atoms with Gasteiger partial charge >= 0.3 is 0 Å². The molecule has 3 heterocycles. The van der Waals surface area contributed by atoms with Crippen LogP contribution in [0.3, 0.4) is 0 Å². The van der Waals surface area contributed by atoms with E-state index in [2.05, 4.69) is 74.5 Å². The molecular formula is C38H25N3OS. The number of para-hydroxylation sites is 1. The predicted molar refractivity (Wildman–Crippen MR) is 173 cm³/mol. The standard InChI is InChI=1S/C38H25N3OS/c1-38(2)29-16-12-23(22-39)18-35(29)43-36-20-26(14-17-30(36)38)32-21-31(40-37(41-32)24-8-4-3-5-9-24)25-13-15-28-27-10-6-7-11-33(27)42-34(28)19-25/h3-21H,1-2H3. The molecule has 0 radical (unpaired) electrons. The maximum absolute atomic E-state index is 9.51. The molecular weight excluding hydrogens is 547 g/mol. The Labute approximate surface area is 253 Å². The van der Waals surface area contributed by atoms with Gasteiger partial charge in [-0.3, -0.25) is 0 Å². The Kier molecular flexibility index (Phi) is 5.75. The van der Waals surface area contributed by atoms with Crippen LogP contribution in [0.1, 0.15) is 30.5 Å². The van der Waals surface area contributed by atoms with Crippen LogP contribution < -0.4 is 0 Å². The fourth-order valence-corrected chi connectivity index (χ4v) is 7.56. The average molecular weight is 572 g/mol. The summed E-state index contributed by atoms with van der Waals surface area (Å²) in [5.74, 6) is 0.674. The molecule has 1 aliphatic rings. The first-order chi connectivity index (χ1) is 21.0. The van der Waals surface area contributed by atoms with E-state index < -0.39 is 0 Å². The van der Waals surface area contributed by atoms with E-state index >= 15 is 0 Å². The fraction of sp³-hybridized carbons (Fsp3) is 0.0789. The van der Waals surface area contributed by atoms with E-state index in [1.165, 1.54) is 16.0 Å². The number of hydrogen-bond acceptors (Lipinski definition) is 5. The first kappa shape index (κ1) is 25.5. The van der Waals surface area contributed by atoms with E-state index in [9.17, 15) is 5.26 Å². The molecule has 2 aromatic heterocycles. The topological polar surface area (TPSA) is 62.7 Å². The van der Waals surface area contributed by atoms with Crippen molar-refractivity contribution in [1.82, 2.24) is 9.97 Å². The number of benzene rings is 5. The van der Waals surface area contributed by atoms with Crippen molar-refractivity contribution < 1.29 is 4.42 Å². The molecule has 0 bridgehead atoms. The van der Waals surface area contributed by atoms with Crippen LogP contribution in [0.4, 0.5) is 0 Å². The highest BCUT2D eigenvalue weighted by Crippen LogP contribution is 2.50. The summed E-state index contributed by atoms with van der Waals surface area (Å²) in [4.78, 5) is 12.4. The van der Waals surface area contributed by atoms with Gasteiger partial charge in [-0.15, -0.1) is 0 Å². The number of furan rings is 1. The van der Waals surface area contributed by atoms with Crippen LogP contribution >= 0.6 is 11.8 Å². The number of aromatic nitrogens is 2. The number of fused-ring (bicyclic) bond motifs is 5. The Balaban J connectivity index is 1.28. The van der Waals surface area contributed by atoms with E-state index in [-0.39, 0.29) is 5.41 Å². The molecule has 0 aliphatic carbocycles. The molecule has 4 nitrogen and oxygen atoms in total. The lowest BCUT2D eigenvalue weighted by Gasteiger charge is -2.34. The molecule has 8 rings (SSSR count). The Hall–Kier alpha value is -5.18. The van der Waals surface area contributed by atoms with Crippen LogP contribution in [0.25, 0.3) is 55.8 Å². The minimum absolute atomic E-state index is 0.184. The molecule has 204 valence electrons. The normalized spacial score (nSPS) is 13.4. The second-order valence-electron chi connectivity index (χ2n) is 11.4. The second-order valence-corrected chi connectivity index (χ2v) is 12.5. The van der Waals surface area contributed by atoms with Gasteiger partial charge in [0, 0.05) is 42.7 Å². The van der Waals surface area contributed by atoms with Crippen LogP contribution in [0.5, 0.6) is 0 Å². The highest BCUT2D eigenvalue weighted by atomic mass is 32.2. The third kappa shape index (κ3) is 4.22. The highest BCUT2D eigenvalue weighted by Gasteiger charge is 2.33.